The maximum atomic E-state index is 13.4. The summed E-state index contributed by atoms with van der Waals surface area (Å²) in [6.07, 6.45) is 0.0828. The van der Waals surface area contributed by atoms with Crippen molar-refractivity contribution in [1.29, 1.82) is 0 Å². The van der Waals surface area contributed by atoms with E-state index in [1.807, 2.05) is 36.4 Å². The van der Waals surface area contributed by atoms with E-state index in [9.17, 15) is 24.0 Å². The van der Waals surface area contributed by atoms with Gasteiger partial charge in [-0.1, -0.05) is 86.6 Å². The molecule has 3 atom stereocenters. The molecule has 0 spiro atoms. The van der Waals surface area contributed by atoms with E-state index in [0.717, 1.165) is 5.56 Å². The Morgan fingerprint density at radius 3 is 1.90 bits per heavy atom. The Bertz CT molecular complexity index is 1370. The molecule has 1 N–H and O–H groups in total. The fourth-order valence-electron chi connectivity index (χ4n) is 4.78. The van der Waals surface area contributed by atoms with Crippen LogP contribution in [-0.4, -0.2) is 42.2 Å². The van der Waals surface area contributed by atoms with E-state index in [-0.39, 0.29) is 36.7 Å². The third-order valence-corrected chi connectivity index (χ3v) is 7.43. The fourth-order valence-corrected chi connectivity index (χ4v) is 4.78. The smallest absolute Gasteiger partial charge is 0.224 e. The predicted molar refractivity (Wildman–Crippen MR) is 161 cm³/mol. The van der Waals surface area contributed by atoms with Gasteiger partial charge in [-0.3, -0.25) is 24.0 Å². The van der Waals surface area contributed by atoms with Gasteiger partial charge in [0.25, 0.3) is 0 Å². The largest absolute Gasteiger partial charge is 0.497 e. The van der Waals surface area contributed by atoms with Crippen molar-refractivity contribution in [3.05, 3.63) is 102 Å². The number of ketones is 4. The highest BCUT2D eigenvalue weighted by Gasteiger charge is 2.32. The van der Waals surface area contributed by atoms with E-state index in [1.54, 1.807) is 76.4 Å². The minimum Gasteiger partial charge on any atom is -0.497 e. The maximum Gasteiger partial charge on any atom is 0.224 e. The van der Waals surface area contributed by atoms with Gasteiger partial charge in [0.15, 0.2) is 11.6 Å². The molecule has 3 aromatic carbocycles. The highest BCUT2D eigenvalue weighted by molar-refractivity contribution is 6.38. The molecule has 0 aliphatic rings. The van der Waals surface area contributed by atoms with Gasteiger partial charge in [0.05, 0.1) is 13.2 Å². The standard InChI is InChI=1S/C35H39NO6/c1-23(2)30(34(40)33(39)20-26-15-17-29(42-4)18-16-26)22-31(37)24(3)36-35(41)28(19-25-11-7-5-8-12-25)21-32(38)27-13-9-6-10-14-27/h5-18,23-24,28,30H,19-22H2,1-4H3,(H,36,41)/t24-,28+,30-/m0/s1. The molecule has 42 heavy (non-hydrogen) atoms. The summed E-state index contributed by atoms with van der Waals surface area (Å²) >= 11 is 0. The van der Waals surface area contributed by atoms with Crippen molar-refractivity contribution in [1.82, 2.24) is 5.32 Å². The molecule has 220 valence electrons. The molecule has 0 bridgehead atoms. The lowest BCUT2D eigenvalue weighted by Crippen LogP contribution is -2.44. The summed E-state index contributed by atoms with van der Waals surface area (Å²) in [5.41, 5.74) is 2.10. The van der Waals surface area contributed by atoms with Crippen LogP contribution in [-0.2, 0) is 32.0 Å². The number of methoxy groups -OCH3 is 1. The SMILES string of the molecule is COc1ccc(CC(=O)C(=O)[C@@H](CC(=O)[C@H](C)NC(=O)[C@@H](CC(=O)c2ccccc2)Cc2ccccc2)C(C)C)cc1. The van der Waals surface area contributed by atoms with Gasteiger partial charge >= 0.3 is 0 Å². The summed E-state index contributed by atoms with van der Waals surface area (Å²) in [7, 11) is 1.55. The number of ether oxygens (including phenoxy) is 1. The Labute approximate surface area is 247 Å². The Morgan fingerprint density at radius 2 is 1.33 bits per heavy atom. The summed E-state index contributed by atoms with van der Waals surface area (Å²) in [5.74, 6) is -3.17. The lowest BCUT2D eigenvalue weighted by atomic mass is 9.83. The van der Waals surface area contributed by atoms with Crippen LogP contribution in [0, 0.1) is 17.8 Å². The molecule has 0 aromatic heterocycles. The fraction of sp³-hybridized carbons (Fsp3) is 0.343. The number of benzene rings is 3. The second-order valence-corrected chi connectivity index (χ2v) is 10.9. The molecule has 0 unspecified atom stereocenters. The van der Waals surface area contributed by atoms with Gasteiger partial charge in [0, 0.05) is 36.7 Å². The van der Waals surface area contributed by atoms with Crippen molar-refractivity contribution in [3.63, 3.8) is 0 Å². The first kappa shape index (κ1) is 32.1. The van der Waals surface area contributed by atoms with Crippen LogP contribution in [0.3, 0.4) is 0 Å². The van der Waals surface area contributed by atoms with E-state index in [4.69, 9.17) is 4.74 Å². The van der Waals surface area contributed by atoms with E-state index in [1.165, 1.54) is 0 Å². The summed E-state index contributed by atoms with van der Waals surface area (Å²) < 4.78 is 5.13. The lowest BCUT2D eigenvalue weighted by Gasteiger charge is -2.23. The normalized spacial score (nSPS) is 13.1. The molecule has 3 rings (SSSR count). The summed E-state index contributed by atoms with van der Waals surface area (Å²) in [4.78, 5) is 65.5. The first-order chi connectivity index (χ1) is 20.1. The van der Waals surface area contributed by atoms with Gasteiger partial charge < -0.3 is 10.1 Å². The zero-order chi connectivity index (χ0) is 30.6. The van der Waals surface area contributed by atoms with Gasteiger partial charge in [-0.25, -0.2) is 0 Å². The number of carbonyl (C=O) groups is 5. The topological polar surface area (TPSA) is 107 Å². The van der Waals surface area contributed by atoms with Crippen molar-refractivity contribution in [2.45, 2.75) is 52.5 Å². The van der Waals surface area contributed by atoms with Crippen LogP contribution < -0.4 is 10.1 Å². The van der Waals surface area contributed by atoms with Crippen LogP contribution in [0.4, 0.5) is 0 Å². The van der Waals surface area contributed by atoms with Crippen molar-refractivity contribution in [3.8, 4) is 5.75 Å². The van der Waals surface area contributed by atoms with Crippen molar-refractivity contribution in [2.75, 3.05) is 7.11 Å². The van der Waals surface area contributed by atoms with Crippen molar-refractivity contribution < 1.29 is 28.7 Å². The van der Waals surface area contributed by atoms with Gasteiger partial charge in [-0.15, -0.1) is 0 Å². The van der Waals surface area contributed by atoms with Gasteiger partial charge in [0.1, 0.15) is 5.75 Å². The molecule has 0 aliphatic heterocycles. The Morgan fingerprint density at radius 1 is 0.738 bits per heavy atom. The number of hydrogen-bond donors (Lipinski definition) is 1. The Kier molecular flexibility index (Phi) is 11.9. The third-order valence-electron chi connectivity index (χ3n) is 7.43. The average molecular weight is 570 g/mol. The molecule has 0 saturated heterocycles. The second kappa shape index (κ2) is 15.6. The number of Topliss-reactive ketones (excluding diaryl/α,β-unsaturated/α-hetero) is 4. The number of rotatable bonds is 16. The van der Waals surface area contributed by atoms with E-state index >= 15 is 0 Å². The number of carbonyl (C=O) groups excluding carboxylic acids is 5. The van der Waals surface area contributed by atoms with Crippen LogP contribution in [0.15, 0.2) is 84.9 Å². The molecular weight excluding hydrogens is 530 g/mol. The molecule has 1 amide bonds. The van der Waals surface area contributed by atoms with Crippen LogP contribution in [0.25, 0.3) is 0 Å². The van der Waals surface area contributed by atoms with Gasteiger partial charge in [-0.05, 0) is 42.5 Å². The molecule has 0 heterocycles. The highest BCUT2D eigenvalue weighted by atomic mass is 16.5. The van der Waals surface area contributed by atoms with Gasteiger partial charge in [0.2, 0.25) is 17.5 Å². The number of nitrogens with one attached hydrogen (secondary N) is 1. The zero-order valence-corrected chi connectivity index (χ0v) is 24.7. The lowest BCUT2D eigenvalue weighted by molar-refractivity contribution is -0.141. The number of hydrogen-bond acceptors (Lipinski definition) is 6. The van der Waals surface area contributed by atoms with Crippen molar-refractivity contribution >= 4 is 29.0 Å². The van der Waals surface area contributed by atoms with Crippen LogP contribution in [0.2, 0.25) is 0 Å². The minimum atomic E-state index is -0.895. The average Bonchev–Trinajstić information content (AvgIpc) is 3.00. The minimum absolute atomic E-state index is 0.0153. The Balaban J connectivity index is 1.66. The second-order valence-electron chi connectivity index (χ2n) is 10.9. The quantitative estimate of drug-likeness (QED) is 0.187. The van der Waals surface area contributed by atoms with Gasteiger partial charge in [-0.2, -0.15) is 0 Å². The maximum absolute atomic E-state index is 13.4. The van der Waals surface area contributed by atoms with Crippen molar-refractivity contribution in [2.24, 2.45) is 17.8 Å². The molecule has 0 radical (unpaired) electrons. The molecule has 7 heteroatoms. The molecule has 3 aromatic rings. The molecule has 7 nitrogen and oxygen atoms in total. The molecule has 0 aliphatic carbocycles. The molecule has 0 saturated carbocycles. The first-order valence-electron chi connectivity index (χ1n) is 14.2. The molecular formula is C35H39NO6. The van der Waals surface area contributed by atoms with E-state index in [2.05, 4.69) is 5.32 Å². The van der Waals surface area contributed by atoms with Crippen LogP contribution in [0.1, 0.15) is 55.1 Å². The zero-order valence-electron chi connectivity index (χ0n) is 24.7. The summed E-state index contributed by atoms with van der Waals surface area (Å²) in [6, 6.07) is 24.2. The third kappa shape index (κ3) is 9.33. The summed E-state index contributed by atoms with van der Waals surface area (Å²) in [5, 5.41) is 2.77. The Hall–Kier alpha value is -4.39. The van der Waals surface area contributed by atoms with Crippen LogP contribution in [0.5, 0.6) is 5.75 Å². The predicted octanol–water partition coefficient (Wildman–Crippen LogP) is 5.24. The van der Waals surface area contributed by atoms with E-state index in [0.29, 0.717) is 23.3 Å². The highest BCUT2D eigenvalue weighted by Crippen LogP contribution is 2.21. The first-order valence-corrected chi connectivity index (χ1v) is 14.2. The summed E-state index contributed by atoms with van der Waals surface area (Å²) in [6.45, 7) is 5.16. The monoisotopic (exact) mass is 569 g/mol. The number of amides is 1. The van der Waals surface area contributed by atoms with E-state index < -0.39 is 35.4 Å². The van der Waals surface area contributed by atoms with Crippen LogP contribution >= 0.6 is 0 Å². The molecule has 0 fully saturated rings.